The molecule has 0 saturated carbocycles. The predicted octanol–water partition coefficient (Wildman–Crippen LogP) is 3.62. The van der Waals surface area contributed by atoms with Crippen molar-refractivity contribution in [3.8, 4) is 11.1 Å². The second kappa shape index (κ2) is 5.02. The normalized spacial score (nSPS) is 10.8. The molecule has 0 aliphatic heterocycles. The van der Waals surface area contributed by atoms with Gasteiger partial charge in [-0.25, -0.2) is 4.98 Å². The van der Waals surface area contributed by atoms with Gasteiger partial charge in [0.25, 0.3) is 5.91 Å². The van der Waals surface area contributed by atoms with Gasteiger partial charge in [0, 0.05) is 5.39 Å². The number of rotatable bonds is 2. The lowest BCUT2D eigenvalue weighted by Crippen LogP contribution is -2.13. The molecule has 1 amide bonds. The van der Waals surface area contributed by atoms with Crippen molar-refractivity contribution in [1.29, 1.82) is 0 Å². The fraction of sp³-hybridized carbons (Fsp3) is 0.111. The second-order valence-electron chi connectivity index (χ2n) is 5.31. The Balaban J connectivity index is 2.33. The Hall–Kier alpha value is -2.68. The van der Waals surface area contributed by atoms with Crippen molar-refractivity contribution in [3.05, 3.63) is 65.4 Å². The first-order valence-electron chi connectivity index (χ1n) is 6.83. The van der Waals surface area contributed by atoms with E-state index in [0.717, 1.165) is 27.6 Å². The van der Waals surface area contributed by atoms with Gasteiger partial charge in [-0.15, -0.1) is 0 Å². The fourth-order valence-electron chi connectivity index (χ4n) is 2.44. The summed E-state index contributed by atoms with van der Waals surface area (Å²) >= 11 is 0. The van der Waals surface area contributed by atoms with E-state index in [1.54, 1.807) is 6.07 Å². The van der Waals surface area contributed by atoms with Gasteiger partial charge >= 0.3 is 0 Å². The van der Waals surface area contributed by atoms with Crippen molar-refractivity contribution >= 4 is 16.8 Å². The van der Waals surface area contributed by atoms with Crippen molar-refractivity contribution in [2.45, 2.75) is 13.8 Å². The zero-order valence-corrected chi connectivity index (χ0v) is 12.1. The predicted molar refractivity (Wildman–Crippen MR) is 85.2 cm³/mol. The molecule has 3 aromatic rings. The molecule has 104 valence electrons. The van der Waals surface area contributed by atoms with Crippen LogP contribution in [0.25, 0.3) is 22.0 Å². The Bertz CT molecular complexity index is 836. The maximum absolute atomic E-state index is 11.5. The number of pyridine rings is 1. The number of nitrogens with zero attached hydrogens (tertiary/aromatic N) is 1. The van der Waals surface area contributed by atoms with Gasteiger partial charge in [0.1, 0.15) is 5.69 Å². The molecule has 3 rings (SSSR count). The van der Waals surface area contributed by atoms with E-state index in [1.165, 1.54) is 5.56 Å². The second-order valence-corrected chi connectivity index (χ2v) is 5.31. The zero-order valence-electron chi connectivity index (χ0n) is 12.1. The van der Waals surface area contributed by atoms with Gasteiger partial charge in [0.05, 0.1) is 5.52 Å². The summed E-state index contributed by atoms with van der Waals surface area (Å²) in [6.45, 7) is 4.05. The van der Waals surface area contributed by atoms with Crippen molar-refractivity contribution in [2.24, 2.45) is 5.73 Å². The van der Waals surface area contributed by atoms with Crippen LogP contribution in [0.4, 0.5) is 0 Å². The summed E-state index contributed by atoms with van der Waals surface area (Å²) in [4.78, 5) is 15.9. The molecule has 3 heteroatoms. The molecule has 0 radical (unpaired) electrons. The number of carbonyl (C=O) groups is 1. The van der Waals surface area contributed by atoms with Gasteiger partial charge in [-0.3, -0.25) is 4.79 Å². The van der Waals surface area contributed by atoms with Crippen LogP contribution >= 0.6 is 0 Å². The number of hydrogen-bond donors (Lipinski definition) is 1. The maximum atomic E-state index is 11.5. The summed E-state index contributed by atoms with van der Waals surface area (Å²) in [6.07, 6.45) is 0. The molecular formula is C18H16N2O. The number of aryl methyl sites for hydroxylation is 2. The quantitative estimate of drug-likeness (QED) is 0.777. The molecule has 2 N–H and O–H groups in total. The molecule has 21 heavy (non-hydrogen) atoms. The van der Waals surface area contributed by atoms with Crippen LogP contribution < -0.4 is 5.73 Å². The average molecular weight is 276 g/mol. The van der Waals surface area contributed by atoms with Crippen molar-refractivity contribution in [3.63, 3.8) is 0 Å². The Morgan fingerprint density at radius 3 is 2.29 bits per heavy atom. The Labute approximate surface area is 123 Å². The molecule has 0 aliphatic rings. The lowest BCUT2D eigenvalue weighted by atomic mass is 9.98. The molecule has 2 aromatic carbocycles. The summed E-state index contributed by atoms with van der Waals surface area (Å²) < 4.78 is 0. The van der Waals surface area contributed by atoms with Crippen LogP contribution in [-0.4, -0.2) is 10.9 Å². The van der Waals surface area contributed by atoms with Crippen LogP contribution in [0.1, 0.15) is 21.6 Å². The van der Waals surface area contributed by atoms with Gasteiger partial charge in [-0.2, -0.15) is 0 Å². The molecule has 1 heterocycles. The van der Waals surface area contributed by atoms with Gasteiger partial charge in [0.2, 0.25) is 0 Å². The lowest BCUT2D eigenvalue weighted by molar-refractivity contribution is 0.0996. The summed E-state index contributed by atoms with van der Waals surface area (Å²) in [5, 5.41) is 1.02. The minimum Gasteiger partial charge on any atom is -0.364 e. The maximum Gasteiger partial charge on any atom is 0.267 e. The molecule has 0 fully saturated rings. The zero-order chi connectivity index (χ0) is 15.0. The molecule has 1 aromatic heterocycles. The standard InChI is InChI=1S/C18H16N2O/c1-11-3-6-13(7-4-11)15-10-17(18(19)21)20-16-9-12(2)5-8-14(15)16/h3-10H,1-2H3,(H2,19,21). The Kier molecular flexibility index (Phi) is 3.18. The van der Waals surface area contributed by atoms with E-state index in [-0.39, 0.29) is 0 Å². The van der Waals surface area contributed by atoms with E-state index in [2.05, 4.69) is 29.2 Å². The van der Waals surface area contributed by atoms with Crippen molar-refractivity contribution < 1.29 is 4.79 Å². The minimum atomic E-state index is -0.508. The minimum absolute atomic E-state index is 0.295. The smallest absolute Gasteiger partial charge is 0.267 e. The van der Waals surface area contributed by atoms with Gasteiger partial charge < -0.3 is 5.73 Å². The number of amides is 1. The van der Waals surface area contributed by atoms with Crippen LogP contribution in [0.2, 0.25) is 0 Å². The van der Waals surface area contributed by atoms with Crippen molar-refractivity contribution in [1.82, 2.24) is 4.98 Å². The van der Waals surface area contributed by atoms with Crippen molar-refractivity contribution in [2.75, 3.05) is 0 Å². The highest BCUT2D eigenvalue weighted by molar-refractivity contribution is 6.00. The molecule has 0 bridgehead atoms. The number of carbonyl (C=O) groups excluding carboxylic acids is 1. The number of hydrogen-bond acceptors (Lipinski definition) is 2. The highest BCUT2D eigenvalue weighted by Gasteiger charge is 2.11. The fourth-order valence-corrected chi connectivity index (χ4v) is 2.44. The summed E-state index contributed by atoms with van der Waals surface area (Å²) in [5.74, 6) is -0.508. The number of fused-ring (bicyclic) bond motifs is 1. The van der Waals surface area contributed by atoms with Crippen LogP contribution in [0.3, 0.4) is 0 Å². The number of aromatic nitrogens is 1. The Morgan fingerprint density at radius 1 is 0.952 bits per heavy atom. The Morgan fingerprint density at radius 2 is 1.62 bits per heavy atom. The third-order valence-corrected chi connectivity index (χ3v) is 3.58. The molecule has 3 nitrogen and oxygen atoms in total. The molecule has 0 saturated heterocycles. The van der Waals surface area contributed by atoms with Crippen LogP contribution in [0.5, 0.6) is 0 Å². The van der Waals surface area contributed by atoms with E-state index < -0.39 is 5.91 Å². The summed E-state index contributed by atoms with van der Waals surface area (Å²) in [5.41, 5.74) is 10.8. The molecule has 0 unspecified atom stereocenters. The van der Waals surface area contributed by atoms with E-state index in [9.17, 15) is 4.79 Å². The number of primary amides is 1. The van der Waals surface area contributed by atoms with E-state index in [1.807, 2.05) is 32.0 Å². The molecule has 0 atom stereocenters. The van der Waals surface area contributed by atoms with E-state index >= 15 is 0 Å². The number of benzene rings is 2. The first kappa shape index (κ1) is 13.3. The van der Waals surface area contributed by atoms with Gasteiger partial charge in [-0.05, 0) is 42.7 Å². The largest absolute Gasteiger partial charge is 0.364 e. The topological polar surface area (TPSA) is 56.0 Å². The SMILES string of the molecule is Cc1ccc(-c2cc(C(N)=O)nc3cc(C)ccc23)cc1. The monoisotopic (exact) mass is 276 g/mol. The lowest BCUT2D eigenvalue weighted by Gasteiger charge is -2.09. The van der Waals surface area contributed by atoms with E-state index in [0.29, 0.717) is 5.69 Å². The number of nitrogens with two attached hydrogens (primary N) is 1. The summed E-state index contributed by atoms with van der Waals surface area (Å²) in [6, 6.07) is 16.0. The molecule has 0 aliphatic carbocycles. The van der Waals surface area contributed by atoms with E-state index in [4.69, 9.17) is 5.73 Å². The van der Waals surface area contributed by atoms with Gasteiger partial charge in [-0.1, -0.05) is 42.0 Å². The van der Waals surface area contributed by atoms with Crippen LogP contribution in [0.15, 0.2) is 48.5 Å². The van der Waals surface area contributed by atoms with Gasteiger partial charge in [0.15, 0.2) is 0 Å². The average Bonchev–Trinajstić information content (AvgIpc) is 2.46. The first-order chi connectivity index (χ1) is 10.0. The van der Waals surface area contributed by atoms with Crippen LogP contribution in [0, 0.1) is 13.8 Å². The molecular weight excluding hydrogens is 260 g/mol. The third-order valence-electron chi connectivity index (χ3n) is 3.58. The van der Waals surface area contributed by atoms with Crippen LogP contribution in [-0.2, 0) is 0 Å². The summed E-state index contributed by atoms with van der Waals surface area (Å²) in [7, 11) is 0. The first-order valence-corrected chi connectivity index (χ1v) is 6.83. The molecule has 0 spiro atoms. The third kappa shape index (κ3) is 2.50. The highest BCUT2D eigenvalue weighted by atomic mass is 16.1. The highest BCUT2D eigenvalue weighted by Crippen LogP contribution is 2.29.